The smallest absolute Gasteiger partial charge is 0.225 e. The van der Waals surface area contributed by atoms with Crippen molar-refractivity contribution >= 4 is 11.9 Å². The molecule has 1 fully saturated rings. The fourth-order valence-electron chi connectivity index (χ4n) is 4.04. The number of hydrogen-bond acceptors (Lipinski definition) is 5. The minimum Gasteiger partial charge on any atom is -0.469 e. The molecule has 2 atom stereocenters. The first-order valence-electron chi connectivity index (χ1n) is 10.1. The fourth-order valence-corrected chi connectivity index (χ4v) is 4.04. The Hall–Kier alpha value is -2.37. The quantitative estimate of drug-likeness (QED) is 0.849. The van der Waals surface area contributed by atoms with Crippen molar-refractivity contribution in [3.05, 3.63) is 41.6 Å². The Morgan fingerprint density at radius 2 is 2.26 bits per heavy atom. The molecular formula is C21H28N4O2. The van der Waals surface area contributed by atoms with Crippen LogP contribution >= 0.6 is 0 Å². The van der Waals surface area contributed by atoms with Gasteiger partial charge in [0.2, 0.25) is 11.9 Å². The first kappa shape index (κ1) is 18.0. The van der Waals surface area contributed by atoms with Gasteiger partial charge in [-0.25, -0.2) is 9.97 Å². The molecule has 0 unspecified atom stereocenters. The van der Waals surface area contributed by atoms with Crippen LogP contribution in [0.5, 0.6) is 0 Å². The number of fused-ring (bicyclic) bond motifs is 1. The molecule has 3 heterocycles. The molecule has 0 spiro atoms. The van der Waals surface area contributed by atoms with E-state index >= 15 is 0 Å². The molecule has 1 aliphatic carbocycles. The van der Waals surface area contributed by atoms with E-state index in [1.807, 2.05) is 18.3 Å². The third-order valence-corrected chi connectivity index (χ3v) is 5.69. The normalized spacial score (nSPS) is 20.3. The van der Waals surface area contributed by atoms with Crippen LogP contribution in [-0.4, -0.2) is 35.0 Å². The number of aryl methyl sites for hydroxylation is 2. The predicted molar refractivity (Wildman–Crippen MR) is 104 cm³/mol. The number of carbonyl (C=O) groups excluding carboxylic acids is 1. The summed E-state index contributed by atoms with van der Waals surface area (Å²) in [5.74, 6) is 2.00. The summed E-state index contributed by atoms with van der Waals surface area (Å²) in [6.45, 7) is 4.17. The molecule has 0 bridgehead atoms. The Labute approximate surface area is 160 Å². The standard InChI is InChI=1S/C21H28N4O2/c1-15(6-8-18-5-4-12-27-18)23-20(26)16-7-9-19-17(13-16)14-22-21(24-19)25-10-2-3-11-25/h4-5,12,14-16H,2-3,6-11,13H2,1H3,(H,23,26)/t15-,16+/m1/s1. The van der Waals surface area contributed by atoms with Gasteiger partial charge < -0.3 is 14.6 Å². The lowest BCUT2D eigenvalue weighted by molar-refractivity contribution is -0.126. The number of nitrogens with one attached hydrogen (secondary N) is 1. The lowest BCUT2D eigenvalue weighted by atomic mass is 9.86. The van der Waals surface area contributed by atoms with E-state index in [0.717, 1.165) is 68.2 Å². The van der Waals surface area contributed by atoms with Crippen molar-refractivity contribution in [3.8, 4) is 0 Å². The lowest BCUT2D eigenvalue weighted by Crippen LogP contribution is -2.39. The summed E-state index contributed by atoms with van der Waals surface area (Å²) in [6, 6.07) is 4.01. The molecular weight excluding hydrogens is 340 g/mol. The molecule has 1 N–H and O–H groups in total. The average Bonchev–Trinajstić information content (AvgIpc) is 3.39. The second-order valence-corrected chi connectivity index (χ2v) is 7.80. The highest BCUT2D eigenvalue weighted by molar-refractivity contribution is 5.79. The Kier molecular flexibility index (Phi) is 5.41. The summed E-state index contributed by atoms with van der Waals surface area (Å²) in [6.07, 6.45) is 10.3. The Morgan fingerprint density at radius 1 is 1.41 bits per heavy atom. The minimum absolute atomic E-state index is 0.0183. The molecule has 0 saturated carbocycles. The Morgan fingerprint density at radius 3 is 3.04 bits per heavy atom. The molecule has 27 heavy (non-hydrogen) atoms. The summed E-state index contributed by atoms with van der Waals surface area (Å²) in [4.78, 5) is 24.3. The van der Waals surface area contributed by atoms with Crippen molar-refractivity contribution in [3.63, 3.8) is 0 Å². The molecule has 0 aromatic carbocycles. The van der Waals surface area contributed by atoms with Gasteiger partial charge >= 0.3 is 0 Å². The third kappa shape index (κ3) is 4.31. The molecule has 1 aliphatic heterocycles. The van der Waals surface area contributed by atoms with Gasteiger partial charge in [0.15, 0.2) is 0 Å². The number of carbonyl (C=O) groups is 1. The maximum atomic E-state index is 12.7. The van der Waals surface area contributed by atoms with Crippen LogP contribution in [0.3, 0.4) is 0 Å². The zero-order valence-electron chi connectivity index (χ0n) is 16.0. The van der Waals surface area contributed by atoms with E-state index < -0.39 is 0 Å². The predicted octanol–water partition coefficient (Wildman–Crippen LogP) is 2.91. The molecule has 6 heteroatoms. The van der Waals surface area contributed by atoms with E-state index in [0.29, 0.717) is 0 Å². The summed E-state index contributed by atoms with van der Waals surface area (Å²) >= 11 is 0. The van der Waals surface area contributed by atoms with Gasteiger partial charge in [-0.15, -0.1) is 0 Å². The van der Waals surface area contributed by atoms with Gasteiger partial charge in [-0.2, -0.15) is 0 Å². The number of hydrogen-bond donors (Lipinski definition) is 1. The lowest BCUT2D eigenvalue weighted by Gasteiger charge is -2.26. The first-order chi connectivity index (χ1) is 13.2. The van der Waals surface area contributed by atoms with E-state index in [1.54, 1.807) is 6.26 Å². The number of anilines is 1. The van der Waals surface area contributed by atoms with Crippen LogP contribution in [0.1, 0.15) is 49.6 Å². The van der Waals surface area contributed by atoms with E-state index in [1.165, 1.54) is 12.8 Å². The largest absolute Gasteiger partial charge is 0.469 e. The Balaban J connectivity index is 1.31. The van der Waals surface area contributed by atoms with Gasteiger partial charge in [0, 0.05) is 43.4 Å². The maximum Gasteiger partial charge on any atom is 0.225 e. The molecule has 2 aromatic heterocycles. The highest BCUT2D eigenvalue weighted by Crippen LogP contribution is 2.26. The molecule has 1 amide bonds. The van der Waals surface area contributed by atoms with Crippen molar-refractivity contribution < 1.29 is 9.21 Å². The van der Waals surface area contributed by atoms with Crippen LogP contribution < -0.4 is 10.2 Å². The van der Waals surface area contributed by atoms with Crippen LogP contribution in [-0.2, 0) is 24.1 Å². The Bertz CT molecular complexity index is 768. The van der Waals surface area contributed by atoms with Gasteiger partial charge in [-0.3, -0.25) is 4.79 Å². The monoisotopic (exact) mass is 368 g/mol. The topological polar surface area (TPSA) is 71.3 Å². The SMILES string of the molecule is C[C@H](CCc1ccco1)NC(=O)[C@H]1CCc2nc(N3CCCC3)ncc2C1. The molecule has 0 radical (unpaired) electrons. The minimum atomic E-state index is 0.0183. The van der Waals surface area contributed by atoms with Gasteiger partial charge in [-0.05, 0) is 63.1 Å². The molecule has 2 aliphatic rings. The van der Waals surface area contributed by atoms with E-state index in [2.05, 4.69) is 22.1 Å². The molecule has 2 aromatic rings. The van der Waals surface area contributed by atoms with Crippen LogP contribution in [0.15, 0.2) is 29.0 Å². The molecule has 144 valence electrons. The number of amides is 1. The number of furan rings is 1. The van der Waals surface area contributed by atoms with E-state index in [-0.39, 0.29) is 17.9 Å². The van der Waals surface area contributed by atoms with Gasteiger partial charge in [-0.1, -0.05) is 0 Å². The number of aromatic nitrogens is 2. The van der Waals surface area contributed by atoms with Crippen LogP contribution in [0.25, 0.3) is 0 Å². The van der Waals surface area contributed by atoms with E-state index in [9.17, 15) is 4.79 Å². The summed E-state index contributed by atoms with van der Waals surface area (Å²) in [7, 11) is 0. The van der Waals surface area contributed by atoms with Crippen LogP contribution in [0.2, 0.25) is 0 Å². The van der Waals surface area contributed by atoms with E-state index in [4.69, 9.17) is 9.40 Å². The highest BCUT2D eigenvalue weighted by atomic mass is 16.3. The molecule has 1 saturated heterocycles. The highest BCUT2D eigenvalue weighted by Gasteiger charge is 2.27. The van der Waals surface area contributed by atoms with Gasteiger partial charge in [0.1, 0.15) is 5.76 Å². The van der Waals surface area contributed by atoms with Crippen molar-refractivity contribution in [1.82, 2.24) is 15.3 Å². The zero-order valence-corrected chi connectivity index (χ0v) is 16.0. The van der Waals surface area contributed by atoms with Crippen molar-refractivity contribution in [2.45, 2.75) is 57.9 Å². The molecule has 6 nitrogen and oxygen atoms in total. The first-order valence-corrected chi connectivity index (χ1v) is 10.1. The number of nitrogens with zero attached hydrogens (tertiary/aromatic N) is 3. The second kappa shape index (κ2) is 8.11. The van der Waals surface area contributed by atoms with Crippen LogP contribution in [0.4, 0.5) is 5.95 Å². The third-order valence-electron chi connectivity index (χ3n) is 5.69. The fraction of sp³-hybridized carbons (Fsp3) is 0.571. The van der Waals surface area contributed by atoms with Crippen molar-refractivity contribution in [2.24, 2.45) is 5.92 Å². The van der Waals surface area contributed by atoms with Crippen molar-refractivity contribution in [1.29, 1.82) is 0 Å². The molecule has 4 rings (SSSR count). The van der Waals surface area contributed by atoms with Gasteiger partial charge in [0.25, 0.3) is 0 Å². The maximum absolute atomic E-state index is 12.7. The zero-order chi connectivity index (χ0) is 18.6. The average molecular weight is 368 g/mol. The number of rotatable bonds is 6. The van der Waals surface area contributed by atoms with Crippen molar-refractivity contribution in [2.75, 3.05) is 18.0 Å². The summed E-state index contributed by atoms with van der Waals surface area (Å²) in [5.41, 5.74) is 2.26. The summed E-state index contributed by atoms with van der Waals surface area (Å²) < 4.78 is 5.36. The van der Waals surface area contributed by atoms with Gasteiger partial charge in [0.05, 0.1) is 6.26 Å². The summed E-state index contributed by atoms with van der Waals surface area (Å²) in [5, 5.41) is 3.17. The second-order valence-electron chi connectivity index (χ2n) is 7.80. The van der Waals surface area contributed by atoms with Crippen LogP contribution in [0, 0.1) is 5.92 Å².